The van der Waals surface area contributed by atoms with Crippen molar-refractivity contribution in [1.82, 2.24) is 4.72 Å². The number of sulfonamides is 1. The van der Waals surface area contributed by atoms with Crippen LogP contribution in [-0.2, 0) is 29.1 Å². The first-order valence-corrected chi connectivity index (χ1v) is 10.2. The summed E-state index contributed by atoms with van der Waals surface area (Å²) in [4.78, 5) is 37.6. The van der Waals surface area contributed by atoms with Gasteiger partial charge in [-0.25, -0.2) is 8.42 Å². The maximum Gasteiger partial charge on any atom is 0.324 e. The van der Waals surface area contributed by atoms with Crippen LogP contribution in [0.25, 0.3) is 0 Å². The molecule has 0 spiro atoms. The van der Waals surface area contributed by atoms with Crippen LogP contribution in [0.1, 0.15) is 6.92 Å². The summed E-state index contributed by atoms with van der Waals surface area (Å²) in [7, 11) is -3.91. The zero-order valence-electron chi connectivity index (χ0n) is 15.5. The predicted octanol–water partition coefficient (Wildman–Crippen LogP) is 0.882. The Hall–Kier alpha value is -3.24. The van der Waals surface area contributed by atoms with Crippen LogP contribution in [0.2, 0.25) is 0 Å². The molecule has 152 valence electrons. The fourth-order valence-corrected chi connectivity index (χ4v) is 3.95. The molecule has 0 fully saturated rings. The lowest BCUT2D eigenvalue weighted by Crippen LogP contribution is -2.45. The Morgan fingerprint density at radius 2 is 1.79 bits per heavy atom. The van der Waals surface area contributed by atoms with E-state index in [1.54, 1.807) is 42.5 Å². The lowest BCUT2D eigenvalue weighted by molar-refractivity contribution is -0.149. The Balaban J connectivity index is 1.60. The van der Waals surface area contributed by atoms with Gasteiger partial charge in [0, 0.05) is 0 Å². The summed E-state index contributed by atoms with van der Waals surface area (Å²) in [5.74, 6) is -1.88. The molecule has 2 aromatic rings. The van der Waals surface area contributed by atoms with Gasteiger partial charge in [0.15, 0.2) is 6.61 Å². The minimum absolute atomic E-state index is 0.00617. The number of hydrogen-bond donors (Lipinski definition) is 2. The van der Waals surface area contributed by atoms with Gasteiger partial charge < -0.3 is 10.1 Å². The van der Waals surface area contributed by atoms with E-state index in [1.807, 2.05) is 0 Å². The van der Waals surface area contributed by atoms with Crippen molar-refractivity contribution in [1.29, 1.82) is 0 Å². The average molecular weight is 417 g/mol. The normalized spacial score (nSPS) is 14.5. The highest BCUT2D eigenvalue weighted by molar-refractivity contribution is 7.89. The maximum atomic E-state index is 12.5. The molecule has 10 heteroatoms. The smallest absolute Gasteiger partial charge is 0.324 e. The topological polar surface area (TPSA) is 122 Å². The molecule has 0 saturated heterocycles. The largest absolute Gasteiger partial charge is 0.454 e. The number of amides is 2. The molecular formula is C19H19N3O6S. The van der Waals surface area contributed by atoms with Gasteiger partial charge in [0.1, 0.15) is 12.6 Å². The van der Waals surface area contributed by atoms with Crippen LogP contribution in [0.4, 0.5) is 11.4 Å². The number of esters is 1. The SMILES string of the molecule is CC(NS(=O)(=O)c1ccccc1)C(=O)OCC(=O)N1CC(=O)Nc2ccccc21. The second-order valence-corrected chi connectivity index (χ2v) is 8.02. The first-order chi connectivity index (χ1) is 13.8. The molecule has 0 saturated carbocycles. The summed E-state index contributed by atoms with van der Waals surface area (Å²) in [5, 5.41) is 2.65. The quantitative estimate of drug-likeness (QED) is 0.673. The van der Waals surface area contributed by atoms with E-state index in [9.17, 15) is 22.8 Å². The van der Waals surface area contributed by atoms with Crippen molar-refractivity contribution in [2.24, 2.45) is 0 Å². The fraction of sp³-hybridized carbons (Fsp3) is 0.211. The van der Waals surface area contributed by atoms with Crippen LogP contribution in [0.3, 0.4) is 0 Å². The molecule has 0 aliphatic carbocycles. The van der Waals surface area contributed by atoms with E-state index in [0.717, 1.165) is 0 Å². The maximum absolute atomic E-state index is 12.5. The van der Waals surface area contributed by atoms with E-state index in [2.05, 4.69) is 10.0 Å². The summed E-state index contributed by atoms with van der Waals surface area (Å²) >= 11 is 0. The van der Waals surface area contributed by atoms with Gasteiger partial charge in [-0.2, -0.15) is 4.72 Å². The molecule has 1 unspecified atom stereocenters. The van der Waals surface area contributed by atoms with Crippen LogP contribution in [0, 0.1) is 0 Å². The average Bonchev–Trinajstić information content (AvgIpc) is 2.71. The lowest BCUT2D eigenvalue weighted by Gasteiger charge is -2.29. The van der Waals surface area contributed by atoms with Crippen molar-refractivity contribution >= 4 is 39.2 Å². The molecule has 1 aliphatic heterocycles. The van der Waals surface area contributed by atoms with Gasteiger partial charge in [0.2, 0.25) is 15.9 Å². The number of benzene rings is 2. The van der Waals surface area contributed by atoms with Gasteiger partial charge in [-0.05, 0) is 31.2 Å². The molecule has 1 atom stereocenters. The number of carbonyl (C=O) groups is 3. The van der Waals surface area contributed by atoms with E-state index < -0.39 is 34.5 Å². The van der Waals surface area contributed by atoms with Crippen molar-refractivity contribution < 1.29 is 27.5 Å². The second-order valence-electron chi connectivity index (χ2n) is 6.31. The van der Waals surface area contributed by atoms with E-state index >= 15 is 0 Å². The molecule has 0 radical (unpaired) electrons. The molecule has 2 N–H and O–H groups in total. The van der Waals surface area contributed by atoms with Gasteiger partial charge in [-0.3, -0.25) is 19.3 Å². The minimum Gasteiger partial charge on any atom is -0.454 e. The molecular weight excluding hydrogens is 398 g/mol. The molecule has 29 heavy (non-hydrogen) atoms. The van der Waals surface area contributed by atoms with Crippen molar-refractivity contribution in [2.75, 3.05) is 23.4 Å². The lowest BCUT2D eigenvalue weighted by atomic mass is 10.2. The molecule has 9 nitrogen and oxygen atoms in total. The number of nitrogens with one attached hydrogen (secondary N) is 2. The molecule has 1 heterocycles. The number of hydrogen-bond acceptors (Lipinski definition) is 6. The minimum atomic E-state index is -3.91. The third-order valence-corrected chi connectivity index (χ3v) is 5.71. The summed E-state index contributed by atoms with van der Waals surface area (Å²) in [6.07, 6.45) is 0. The number of nitrogens with zero attached hydrogens (tertiary/aromatic N) is 1. The summed E-state index contributed by atoms with van der Waals surface area (Å²) in [5.41, 5.74) is 0.971. The van der Waals surface area contributed by atoms with Gasteiger partial charge in [0.05, 0.1) is 16.3 Å². The molecule has 0 bridgehead atoms. The van der Waals surface area contributed by atoms with Crippen LogP contribution in [0.15, 0.2) is 59.5 Å². The molecule has 3 rings (SSSR count). The summed E-state index contributed by atoms with van der Waals surface area (Å²) < 4.78 is 31.7. The third kappa shape index (κ3) is 4.79. The number of anilines is 2. The third-order valence-electron chi connectivity index (χ3n) is 4.15. The Morgan fingerprint density at radius 1 is 1.14 bits per heavy atom. The Morgan fingerprint density at radius 3 is 2.52 bits per heavy atom. The first kappa shape index (κ1) is 20.5. The van der Waals surface area contributed by atoms with Crippen LogP contribution in [-0.4, -0.2) is 45.4 Å². The van der Waals surface area contributed by atoms with E-state index in [1.165, 1.54) is 24.0 Å². The first-order valence-electron chi connectivity index (χ1n) is 8.71. The summed E-state index contributed by atoms with van der Waals surface area (Å²) in [6.45, 7) is 0.485. The molecule has 2 aromatic carbocycles. The number of rotatable bonds is 6. The standard InChI is InChI=1S/C19H19N3O6S/c1-13(21-29(26,27)14-7-3-2-4-8-14)19(25)28-12-18(24)22-11-17(23)20-15-9-5-6-10-16(15)22/h2-10,13,21H,11-12H2,1H3,(H,20,23). The van der Waals surface area contributed by atoms with E-state index in [0.29, 0.717) is 11.4 Å². The van der Waals surface area contributed by atoms with Crippen LogP contribution >= 0.6 is 0 Å². The zero-order valence-corrected chi connectivity index (χ0v) is 16.3. The monoisotopic (exact) mass is 417 g/mol. The zero-order chi connectivity index (χ0) is 21.0. The second kappa shape index (κ2) is 8.41. The van der Waals surface area contributed by atoms with Crippen molar-refractivity contribution in [3.63, 3.8) is 0 Å². The number of fused-ring (bicyclic) bond motifs is 1. The van der Waals surface area contributed by atoms with Crippen molar-refractivity contribution in [3.8, 4) is 0 Å². The van der Waals surface area contributed by atoms with Crippen LogP contribution < -0.4 is 14.9 Å². The molecule has 1 aliphatic rings. The van der Waals surface area contributed by atoms with Crippen molar-refractivity contribution in [2.45, 2.75) is 17.9 Å². The molecule has 0 aromatic heterocycles. The number of carbonyl (C=O) groups excluding carboxylic acids is 3. The van der Waals surface area contributed by atoms with Crippen molar-refractivity contribution in [3.05, 3.63) is 54.6 Å². The molecule has 2 amide bonds. The predicted molar refractivity (Wildman–Crippen MR) is 105 cm³/mol. The Bertz CT molecular complexity index is 1040. The van der Waals surface area contributed by atoms with Gasteiger partial charge in [-0.1, -0.05) is 30.3 Å². The fourth-order valence-electron chi connectivity index (χ4n) is 2.74. The Labute approximate surface area is 167 Å². The highest BCUT2D eigenvalue weighted by atomic mass is 32.2. The number of para-hydroxylation sites is 2. The van der Waals surface area contributed by atoms with E-state index in [-0.39, 0.29) is 17.3 Å². The highest BCUT2D eigenvalue weighted by Crippen LogP contribution is 2.28. The van der Waals surface area contributed by atoms with Gasteiger partial charge in [-0.15, -0.1) is 0 Å². The van der Waals surface area contributed by atoms with E-state index in [4.69, 9.17) is 4.74 Å². The highest BCUT2D eigenvalue weighted by Gasteiger charge is 2.28. The van der Waals surface area contributed by atoms with Gasteiger partial charge >= 0.3 is 5.97 Å². The Kier molecular flexibility index (Phi) is 5.95. The van der Waals surface area contributed by atoms with Gasteiger partial charge in [0.25, 0.3) is 5.91 Å². The number of ether oxygens (including phenoxy) is 1. The summed E-state index contributed by atoms with van der Waals surface area (Å²) in [6, 6.07) is 13.1. The van der Waals surface area contributed by atoms with Crippen LogP contribution in [0.5, 0.6) is 0 Å².